The topological polar surface area (TPSA) is 79.7 Å². The molecule has 0 unspecified atom stereocenters. The van der Waals surface area contributed by atoms with Gasteiger partial charge in [-0.05, 0) is 17.7 Å². The zero-order valence-corrected chi connectivity index (χ0v) is 11.3. The maximum Gasteiger partial charge on any atom is 0.333 e. The predicted molar refractivity (Wildman–Crippen MR) is 77.7 cm³/mol. The van der Waals surface area contributed by atoms with E-state index in [0.29, 0.717) is 18.2 Å². The van der Waals surface area contributed by atoms with Gasteiger partial charge < -0.3 is 14.9 Å². The van der Waals surface area contributed by atoms with Crippen molar-refractivity contribution in [2.24, 2.45) is 0 Å². The molecule has 0 aliphatic carbocycles. The smallest absolute Gasteiger partial charge is 0.333 e. The molecule has 0 fully saturated rings. The minimum atomic E-state index is -1.17. The third kappa shape index (κ3) is 4.43. The highest BCUT2D eigenvalue weighted by atomic mass is 16.5. The third-order valence-electron chi connectivity index (χ3n) is 2.74. The molecule has 0 aliphatic rings. The third-order valence-corrected chi connectivity index (χ3v) is 2.74. The fourth-order valence-electron chi connectivity index (χ4n) is 1.68. The summed E-state index contributed by atoms with van der Waals surface area (Å²) in [6.45, 7) is -0.168. The molecule has 2 aromatic rings. The van der Waals surface area contributed by atoms with E-state index in [9.17, 15) is 4.79 Å². The van der Waals surface area contributed by atoms with Crippen molar-refractivity contribution in [2.45, 2.75) is 6.61 Å². The van der Waals surface area contributed by atoms with Crippen molar-refractivity contribution in [2.75, 3.05) is 6.61 Å². The number of aliphatic carboxylic acids is 1. The van der Waals surface area contributed by atoms with Crippen molar-refractivity contribution < 1.29 is 19.7 Å². The zero-order valence-electron chi connectivity index (χ0n) is 11.3. The van der Waals surface area contributed by atoms with Crippen molar-refractivity contribution in [3.05, 3.63) is 65.4 Å². The van der Waals surface area contributed by atoms with Crippen molar-refractivity contribution in [3.8, 4) is 5.88 Å². The Morgan fingerprint density at radius 2 is 1.90 bits per heavy atom. The fourth-order valence-corrected chi connectivity index (χ4v) is 1.68. The summed E-state index contributed by atoms with van der Waals surface area (Å²) in [6.07, 6.45) is 1.32. The number of ether oxygens (including phenoxy) is 1. The first-order valence-corrected chi connectivity index (χ1v) is 6.37. The predicted octanol–water partition coefficient (Wildman–Crippen LogP) is 2.12. The van der Waals surface area contributed by atoms with Gasteiger partial charge in [0.15, 0.2) is 0 Å². The van der Waals surface area contributed by atoms with Gasteiger partial charge in [-0.25, -0.2) is 9.78 Å². The Labute approximate surface area is 122 Å². The van der Waals surface area contributed by atoms with Gasteiger partial charge in [0.05, 0.1) is 17.9 Å². The van der Waals surface area contributed by atoms with Gasteiger partial charge in [-0.3, -0.25) is 0 Å². The lowest BCUT2D eigenvalue weighted by Gasteiger charge is -2.06. The summed E-state index contributed by atoms with van der Waals surface area (Å²) in [7, 11) is 0. The molecule has 5 heteroatoms. The molecule has 2 N–H and O–H groups in total. The van der Waals surface area contributed by atoms with Crippen molar-refractivity contribution in [1.29, 1.82) is 0 Å². The van der Waals surface area contributed by atoms with Crippen LogP contribution in [0, 0.1) is 0 Å². The fraction of sp³-hybridized carbons (Fsp3) is 0.125. The first-order chi connectivity index (χ1) is 10.2. The SMILES string of the molecule is O=C(O)/C(=C/c1cccc(OCc2ccccc2)n1)CO. The van der Waals surface area contributed by atoms with E-state index in [0.717, 1.165) is 5.56 Å². The summed E-state index contributed by atoms with van der Waals surface area (Å²) in [5.74, 6) is -0.773. The average Bonchev–Trinajstić information content (AvgIpc) is 2.52. The maximum absolute atomic E-state index is 10.8. The van der Waals surface area contributed by atoms with Crippen LogP contribution in [0.5, 0.6) is 5.88 Å². The summed E-state index contributed by atoms with van der Waals surface area (Å²) >= 11 is 0. The molecule has 0 atom stereocenters. The minimum absolute atomic E-state index is 0.122. The average molecular weight is 285 g/mol. The molecular formula is C16H15NO4. The Morgan fingerprint density at radius 3 is 2.57 bits per heavy atom. The molecule has 1 heterocycles. The number of rotatable bonds is 6. The van der Waals surface area contributed by atoms with Gasteiger partial charge in [0.2, 0.25) is 5.88 Å². The largest absolute Gasteiger partial charge is 0.478 e. The Morgan fingerprint density at radius 1 is 1.14 bits per heavy atom. The molecule has 21 heavy (non-hydrogen) atoms. The lowest BCUT2D eigenvalue weighted by atomic mass is 10.2. The number of aliphatic hydroxyl groups excluding tert-OH is 1. The molecule has 0 saturated carbocycles. The lowest BCUT2D eigenvalue weighted by molar-refractivity contribution is -0.133. The van der Waals surface area contributed by atoms with Crippen LogP contribution in [0.3, 0.4) is 0 Å². The Hall–Kier alpha value is -2.66. The number of pyridine rings is 1. The minimum Gasteiger partial charge on any atom is -0.478 e. The van der Waals surface area contributed by atoms with Crippen LogP contribution in [0.15, 0.2) is 54.1 Å². The maximum atomic E-state index is 10.8. The number of aliphatic hydroxyl groups is 1. The van der Waals surface area contributed by atoms with Crippen molar-refractivity contribution >= 4 is 12.0 Å². The number of benzene rings is 1. The second-order valence-corrected chi connectivity index (χ2v) is 4.31. The van der Waals surface area contributed by atoms with Gasteiger partial charge in [-0.15, -0.1) is 0 Å². The van der Waals surface area contributed by atoms with Crippen LogP contribution in [-0.2, 0) is 11.4 Å². The number of carboxylic acid groups (broad SMARTS) is 1. The molecule has 0 bridgehead atoms. The van der Waals surface area contributed by atoms with Crippen LogP contribution in [0.2, 0.25) is 0 Å². The van der Waals surface area contributed by atoms with Crippen molar-refractivity contribution in [3.63, 3.8) is 0 Å². The summed E-state index contributed by atoms with van der Waals surface area (Å²) in [4.78, 5) is 15.0. The lowest BCUT2D eigenvalue weighted by Crippen LogP contribution is -2.05. The monoisotopic (exact) mass is 285 g/mol. The van der Waals surface area contributed by atoms with E-state index in [1.807, 2.05) is 30.3 Å². The van der Waals surface area contributed by atoms with E-state index in [2.05, 4.69) is 4.98 Å². The van der Waals surface area contributed by atoms with Gasteiger partial charge in [0.1, 0.15) is 6.61 Å². The Kier molecular flexibility index (Phi) is 5.06. The van der Waals surface area contributed by atoms with Crippen LogP contribution in [0.25, 0.3) is 6.08 Å². The second-order valence-electron chi connectivity index (χ2n) is 4.31. The molecule has 5 nitrogen and oxygen atoms in total. The number of carbonyl (C=O) groups is 1. The number of hydrogen-bond acceptors (Lipinski definition) is 4. The molecule has 1 aromatic heterocycles. The van der Waals surface area contributed by atoms with Gasteiger partial charge >= 0.3 is 5.97 Å². The van der Waals surface area contributed by atoms with E-state index < -0.39 is 12.6 Å². The summed E-state index contributed by atoms with van der Waals surface area (Å²) < 4.78 is 5.56. The van der Waals surface area contributed by atoms with Crippen LogP contribution in [0.4, 0.5) is 0 Å². The van der Waals surface area contributed by atoms with Crippen LogP contribution in [-0.4, -0.2) is 27.8 Å². The molecule has 1 aromatic carbocycles. The van der Waals surface area contributed by atoms with E-state index in [1.165, 1.54) is 6.08 Å². The first-order valence-electron chi connectivity index (χ1n) is 6.37. The summed E-state index contributed by atoms with van der Waals surface area (Å²) in [5, 5.41) is 17.8. The Balaban J connectivity index is 2.09. The normalized spacial score (nSPS) is 11.2. The standard InChI is InChI=1S/C16H15NO4/c18-10-13(16(19)20)9-14-7-4-8-15(17-14)21-11-12-5-2-1-3-6-12/h1-9,18H,10-11H2,(H,19,20)/b13-9+. The van der Waals surface area contributed by atoms with Gasteiger partial charge in [0.25, 0.3) is 0 Å². The molecule has 0 amide bonds. The van der Waals surface area contributed by atoms with E-state index >= 15 is 0 Å². The summed E-state index contributed by atoms with van der Waals surface area (Å²) in [5.41, 5.74) is 1.32. The number of nitrogens with zero attached hydrogens (tertiary/aromatic N) is 1. The molecule has 108 valence electrons. The number of aromatic nitrogens is 1. The van der Waals surface area contributed by atoms with E-state index in [1.54, 1.807) is 18.2 Å². The van der Waals surface area contributed by atoms with Gasteiger partial charge in [-0.1, -0.05) is 36.4 Å². The molecule has 0 aliphatic heterocycles. The zero-order chi connectivity index (χ0) is 15.1. The van der Waals surface area contributed by atoms with Crippen LogP contribution >= 0.6 is 0 Å². The first kappa shape index (κ1) is 14.7. The molecule has 0 spiro atoms. The second kappa shape index (κ2) is 7.21. The van der Waals surface area contributed by atoms with E-state index in [-0.39, 0.29) is 5.57 Å². The highest BCUT2D eigenvalue weighted by molar-refractivity contribution is 5.92. The van der Waals surface area contributed by atoms with Crippen molar-refractivity contribution in [1.82, 2.24) is 4.98 Å². The summed E-state index contributed by atoms with van der Waals surface area (Å²) in [6, 6.07) is 14.7. The molecule has 0 radical (unpaired) electrons. The highest BCUT2D eigenvalue weighted by Gasteiger charge is 2.06. The quantitative estimate of drug-likeness (QED) is 0.795. The number of hydrogen-bond donors (Lipinski definition) is 2. The molecule has 2 rings (SSSR count). The van der Waals surface area contributed by atoms with Crippen LogP contribution < -0.4 is 4.74 Å². The van der Waals surface area contributed by atoms with E-state index in [4.69, 9.17) is 14.9 Å². The van der Waals surface area contributed by atoms with Gasteiger partial charge in [-0.2, -0.15) is 0 Å². The van der Waals surface area contributed by atoms with Gasteiger partial charge in [0, 0.05) is 6.07 Å². The molecule has 0 saturated heterocycles. The highest BCUT2D eigenvalue weighted by Crippen LogP contribution is 2.13. The van der Waals surface area contributed by atoms with Crippen LogP contribution in [0.1, 0.15) is 11.3 Å². The molecular weight excluding hydrogens is 270 g/mol. The Bertz CT molecular complexity index is 638. The number of carboxylic acids is 1.